The molecule has 8 heterocycles. The number of benzene rings is 1. The third-order valence-electron chi connectivity index (χ3n) is 30.3. The van der Waals surface area contributed by atoms with E-state index >= 15 is 4.79 Å². The highest BCUT2D eigenvalue weighted by Gasteiger charge is 2.72. The molecule has 41 nitrogen and oxygen atoms in total. The lowest BCUT2D eigenvalue weighted by atomic mass is 9.33. The molecule has 13 aliphatic rings. The number of aliphatic hydroxyl groups is 22. The van der Waals surface area contributed by atoms with Crippen molar-refractivity contribution in [2.24, 2.45) is 50.2 Å². The summed E-state index contributed by atoms with van der Waals surface area (Å²) in [5.74, 6) is -2.55. The molecule has 46 atom stereocenters. The molecule has 1 aromatic rings. The standard InChI is InChI=1S/C84H128O41/c1-33-65(120-71-61(104)54(97)42(29-88)115-71)66(121-72-62(105)56(99)51(94)39(26-85)113-72)64(107)74(112-33)124-69-58(101)53(96)41(28-87)116-77(69)125-78(108)84-23-22-82(7)35(36(84)24-79(2,3)47(25-84)118-48(91)17-14-34-12-10-9-11-13-34)15-16-45-81(6)20-19-46(80(4,5)44(81)18-21-83(45,82)8)119-76-68(123-73-63(106)57(100)52(95)40(27-86)114-73)59(102)55(98)43(117-76)32-111-75-67(50(93)38(90)31-110-75)122-70-60(103)49(92)37(89)30-109-70/h9-15,17,33,36-47,49-77,85-90,92-107H,16,18-32H2,1-8H3/b17-14+/t33-,36-,37+,38-,39+,40+,41+,42-,43+,44-,45+,46-,47-,49-,50-,51+,52+,53+,54-,55+,56-,57-,58-,59-,60+,61+,62+,63+,64?,65-,66-,67+,68+,69+,70-,71-,72-,73-,74-,75-,76-,77-,81-,82+,83+,84+/m0/s1. The normalized spacial score (nSPS) is 51.1. The fraction of sp³-hybridized carbons (Fsp3) is 0.857. The Balaban J connectivity index is 0.747. The number of fused-ring (bicyclic) bond motifs is 7. The summed E-state index contributed by atoms with van der Waals surface area (Å²) in [4.78, 5) is 30.8. The van der Waals surface area contributed by atoms with Crippen LogP contribution in [-0.4, -0.2) is 410 Å². The predicted octanol–water partition coefficient (Wildman–Crippen LogP) is -6.56. The Hall–Kier alpha value is -3.84. The third kappa shape index (κ3) is 18.0. The molecule has 1 unspecified atom stereocenters. The van der Waals surface area contributed by atoms with Crippen LogP contribution in [0, 0.1) is 50.2 Å². The zero-order valence-corrected chi connectivity index (χ0v) is 70.8. The highest BCUT2D eigenvalue weighted by atomic mass is 16.8. The molecule has 8 aliphatic heterocycles. The first kappa shape index (κ1) is 97.2. The van der Waals surface area contributed by atoms with Crippen molar-refractivity contribution in [3.63, 3.8) is 0 Å². The van der Waals surface area contributed by atoms with Crippen LogP contribution in [0.15, 0.2) is 48.1 Å². The Labute approximate surface area is 720 Å². The molecule has 0 radical (unpaired) electrons. The lowest BCUT2D eigenvalue weighted by Gasteiger charge is -2.71. The SMILES string of the molecule is C[C@@H]1O[C@@H](O[C@H]2[C@H](OC(=O)[C@@]34CC[C@]5(C)C(=CC[C@@H]6[C@@]7(C)CC[C@H](O[C@@H]8O[C@H](CO[C@@H]9OC[C@H](O)[C@H](O)[C@H]9O[C@@H]9OC[C@@H](O)[C@H](O)[C@H]9O)[C@@H](O)[C@H](O)[C@H]8O[C@@H]8O[C@H](CO)[C@@H](O)[C@H](O)[C@H]8O)C(C)(C)[C@@H]7CC[C@]65C)[C@@H]3CC(C)(C)[C@@H](OC(=O)/C=C/c3ccccc3)C4)O[C@H](CO)[C@@H](O)[C@@H]2O)C(O)[C@H](O[C@@H]2O[C@H](CO)[C@@H](O)[C@H](O)[C@H]2O)[C@H]1O[C@@H]1O[C@@H](CO)[C@H](O)[C@H]1O. The van der Waals surface area contributed by atoms with E-state index < -0.39 is 336 Å². The van der Waals surface area contributed by atoms with Gasteiger partial charge in [0.2, 0.25) is 6.29 Å². The number of esters is 2. The van der Waals surface area contributed by atoms with Crippen molar-refractivity contribution in [1.82, 2.24) is 0 Å². The van der Waals surface area contributed by atoms with Gasteiger partial charge in [-0.15, -0.1) is 0 Å². The number of aliphatic hydroxyl groups excluding tert-OH is 22. The average Bonchev–Trinajstić information content (AvgIpc) is 0.755. The van der Waals surface area contributed by atoms with E-state index in [4.69, 9.17) is 80.5 Å². The number of allylic oxidation sites excluding steroid dienone is 2. The van der Waals surface area contributed by atoms with Gasteiger partial charge in [0.25, 0.3) is 0 Å². The summed E-state index contributed by atoms with van der Waals surface area (Å²) in [5.41, 5.74) is -3.39. The van der Waals surface area contributed by atoms with Gasteiger partial charge in [-0.25, -0.2) is 4.79 Å². The Morgan fingerprint density at radius 2 is 0.912 bits per heavy atom. The Kier molecular flexibility index (Phi) is 29.8. The van der Waals surface area contributed by atoms with Crippen molar-refractivity contribution in [2.75, 3.05) is 46.2 Å². The van der Waals surface area contributed by atoms with Gasteiger partial charge in [-0.3, -0.25) is 4.79 Å². The highest BCUT2D eigenvalue weighted by Crippen LogP contribution is 2.76. The minimum Gasteiger partial charge on any atom is -0.459 e. The number of hydrogen-bond acceptors (Lipinski definition) is 41. The summed E-state index contributed by atoms with van der Waals surface area (Å²) in [7, 11) is 0. The molecule has 5 aliphatic carbocycles. The van der Waals surface area contributed by atoms with Gasteiger partial charge in [-0.1, -0.05) is 90.4 Å². The van der Waals surface area contributed by atoms with Gasteiger partial charge < -0.3 is 193 Å². The second-order valence-corrected chi connectivity index (χ2v) is 38.3. The molecule has 22 N–H and O–H groups in total. The van der Waals surface area contributed by atoms with Crippen molar-refractivity contribution in [3.8, 4) is 0 Å². The van der Waals surface area contributed by atoms with Gasteiger partial charge in [0.15, 0.2) is 50.1 Å². The fourth-order valence-electron chi connectivity index (χ4n) is 22.6. The van der Waals surface area contributed by atoms with Gasteiger partial charge >= 0.3 is 11.9 Å². The predicted molar refractivity (Wildman–Crippen MR) is 415 cm³/mol. The fourth-order valence-corrected chi connectivity index (χ4v) is 22.6. The van der Waals surface area contributed by atoms with E-state index in [0.717, 1.165) is 5.57 Å². The summed E-state index contributed by atoms with van der Waals surface area (Å²) in [5, 5.41) is 243. The van der Waals surface area contributed by atoms with Crippen LogP contribution in [0.2, 0.25) is 0 Å². The van der Waals surface area contributed by atoms with Crippen molar-refractivity contribution in [2.45, 2.75) is 353 Å². The first-order valence-corrected chi connectivity index (χ1v) is 43.3. The van der Waals surface area contributed by atoms with E-state index in [2.05, 4.69) is 40.7 Å². The van der Waals surface area contributed by atoms with E-state index in [1.807, 2.05) is 19.9 Å². The van der Waals surface area contributed by atoms with Crippen LogP contribution in [0.1, 0.15) is 119 Å². The van der Waals surface area contributed by atoms with Crippen LogP contribution >= 0.6 is 0 Å². The number of carbonyl (C=O) groups is 2. The Morgan fingerprint density at radius 3 is 1.50 bits per heavy atom. The molecule has 4 saturated carbocycles. The van der Waals surface area contributed by atoms with E-state index in [9.17, 15) is 117 Å². The summed E-state index contributed by atoms with van der Waals surface area (Å²) in [6.07, 6.45) is -60.1. The van der Waals surface area contributed by atoms with Crippen LogP contribution < -0.4 is 0 Å². The smallest absolute Gasteiger partial charge is 0.331 e. The van der Waals surface area contributed by atoms with Gasteiger partial charge in [0.1, 0.15) is 171 Å². The van der Waals surface area contributed by atoms with Crippen molar-refractivity contribution in [1.29, 1.82) is 0 Å². The minimum atomic E-state index is -2.20. The van der Waals surface area contributed by atoms with E-state index in [1.165, 1.54) is 13.0 Å². The highest BCUT2D eigenvalue weighted by molar-refractivity contribution is 5.87. The molecule has 8 saturated heterocycles. The monoisotopic (exact) mass is 1790 g/mol. The van der Waals surface area contributed by atoms with Gasteiger partial charge in [-0.2, -0.15) is 0 Å². The Bertz CT molecular complexity index is 3830. The molecular formula is C84H128O41. The number of carbonyl (C=O) groups excluding carboxylic acids is 2. The van der Waals surface area contributed by atoms with Crippen molar-refractivity contribution in [3.05, 3.63) is 53.6 Å². The molecule has 0 amide bonds. The topological polar surface area (TPSA) is 636 Å². The van der Waals surface area contributed by atoms with Crippen LogP contribution in [0.5, 0.6) is 0 Å². The summed E-state index contributed by atoms with van der Waals surface area (Å²) in [6.45, 7) is 11.0. The maximum Gasteiger partial charge on any atom is 0.331 e. The first-order chi connectivity index (χ1) is 59.0. The van der Waals surface area contributed by atoms with Gasteiger partial charge in [-0.05, 0) is 109 Å². The van der Waals surface area contributed by atoms with E-state index in [-0.39, 0.29) is 31.1 Å². The largest absolute Gasteiger partial charge is 0.459 e. The molecule has 0 aromatic heterocycles. The third-order valence-corrected chi connectivity index (χ3v) is 30.3. The second kappa shape index (κ2) is 38.3. The lowest BCUT2D eigenvalue weighted by molar-refractivity contribution is -0.390. The van der Waals surface area contributed by atoms with Crippen molar-refractivity contribution < 1.29 is 202 Å². The number of hydrogen-bond donors (Lipinski definition) is 22. The molecular weight excluding hydrogens is 1660 g/mol. The van der Waals surface area contributed by atoms with Crippen LogP contribution in [-0.2, 0) is 90.1 Å². The molecule has 41 heteroatoms. The summed E-state index contributed by atoms with van der Waals surface area (Å²) in [6, 6.07) is 9.03. The molecule has 125 heavy (non-hydrogen) atoms. The second-order valence-electron chi connectivity index (χ2n) is 38.3. The van der Waals surface area contributed by atoms with E-state index in [1.54, 1.807) is 30.3 Å². The van der Waals surface area contributed by atoms with Crippen LogP contribution in [0.25, 0.3) is 6.08 Å². The number of rotatable bonds is 24. The summed E-state index contributed by atoms with van der Waals surface area (Å²) >= 11 is 0. The van der Waals surface area contributed by atoms with Crippen LogP contribution in [0.3, 0.4) is 0 Å². The molecule has 1 aromatic carbocycles. The zero-order chi connectivity index (χ0) is 90.5. The van der Waals surface area contributed by atoms with Crippen LogP contribution in [0.4, 0.5) is 0 Å². The maximum absolute atomic E-state index is 16.5. The quantitative estimate of drug-likeness (QED) is 0.0198. The van der Waals surface area contributed by atoms with Gasteiger partial charge in [0.05, 0.1) is 63.9 Å². The minimum absolute atomic E-state index is 0.0789. The van der Waals surface area contributed by atoms with Crippen molar-refractivity contribution >= 4 is 18.0 Å². The lowest BCUT2D eigenvalue weighted by Crippen LogP contribution is -2.68. The summed E-state index contributed by atoms with van der Waals surface area (Å²) < 4.78 is 104. The zero-order valence-electron chi connectivity index (χ0n) is 70.8. The molecule has 0 spiro atoms. The molecule has 710 valence electrons. The Morgan fingerprint density at radius 1 is 0.432 bits per heavy atom. The number of ether oxygens (including phenoxy) is 17. The maximum atomic E-state index is 16.5. The molecule has 12 fully saturated rings. The van der Waals surface area contributed by atoms with E-state index in [0.29, 0.717) is 44.1 Å². The molecule has 14 rings (SSSR count). The average molecular weight is 1790 g/mol. The molecule has 0 bridgehead atoms. The van der Waals surface area contributed by atoms with Gasteiger partial charge in [0, 0.05) is 17.9 Å². The first-order valence-electron chi connectivity index (χ1n) is 43.3.